The second-order valence-electron chi connectivity index (χ2n) is 8.19. The number of hydroxylamine groups is 1. The largest absolute Gasteiger partial charge is 0.341 e. The molecule has 1 aromatic heterocycles. The van der Waals surface area contributed by atoms with E-state index < -0.39 is 5.91 Å². The average molecular weight is 408 g/mol. The van der Waals surface area contributed by atoms with E-state index in [0.29, 0.717) is 11.9 Å². The van der Waals surface area contributed by atoms with Gasteiger partial charge in [0.05, 0.1) is 5.56 Å². The standard InChI is InChI=1S/C23H29N5O2/c1-16-12-18-4-2-3-5-21(18)20(16)6-9-24-13-17-7-10-28(11-8-17)23-25-14-19(15-26-23)22(29)27-30/h2-5,14-15,17,24,30H,6-13H2,1H3,(H,27,29). The van der Waals surface area contributed by atoms with E-state index in [4.69, 9.17) is 5.21 Å². The molecule has 0 unspecified atom stereocenters. The second-order valence-corrected chi connectivity index (χ2v) is 8.19. The Morgan fingerprint density at radius 3 is 2.67 bits per heavy atom. The van der Waals surface area contributed by atoms with E-state index >= 15 is 0 Å². The normalized spacial score (nSPS) is 16.7. The fourth-order valence-corrected chi connectivity index (χ4v) is 4.46. The third kappa shape index (κ3) is 4.52. The number of nitrogens with one attached hydrogen (secondary N) is 2. The van der Waals surface area contributed by atoms with Gasteiger partial charge < -0.3 is 10.2 Å². The number of nitrogens with zero attached hydrogens (tertiary/aromatic N) is 3. The fraction of sp³-hybridized carbons (Fsp3) is 0.435. The minimum Gasteiger partial charge on any atom is -0.341 e. The van der Waals surface area contributed by atoms with Gasteiger partial charge in [-0.1, -0.05) is 29.8 Å². The van der Waals surface area contributed by atoms with Crippen LogP contribution in [0.3, 0.4) is 0 Å². The minimum atomic E-state index is -0.599. The number of allylic oxidation sites excluding steroid dienone is 1. The van der Waals surface area contributed by atoms with Crippen LogP contribution in [0.4, 0.5) is 5.95 Å². The molecule has 0 spiro atoms. The van der Waals surface area contributed by atoms with Crippen LogP contribution < -0.4 is 15.7 Å². The number of hydrogen-bond acceptors (Lipinski definition) is 6. The number of rotatable bonds is 7. The van der Waals surface area contributed by atoms with Gasteiger partial charge >= 0.3 is 0 Å². The summed E-state index contributed by atoms with van der Waals surface area (Å²) in [4.78, 5) is 22.0. The van der Waals surface area contributed by atoms with Crippen LogP contribution in [0.15, 0.2) is 42.2 Å². The highest BCUT2D eigenvalue weighted by Crippen LogP contribution is 2.34. The Balaban J connectivity index is 1.20. The van der Waals surface area contributed by atoms with Gasteiger partial charge in [0.25, 0.3) is 5.91 Å². The van der Waals surface area contributed by atoms with Gasteiger partial charge in [0, 0.05) is 25.5 Å². The van der Waals surface area contributed by atoms with Crippen LogP contribution in [0, 0.1) is 5.92 Å². The van der Waals surface area contributed by atoms with Gasteiger partial charge in [-0.3, -0.25) is 10.0 Å². The maximum absolute atomic E-state index is 11.4. The monoisotopic (exact) mass is 407 g/mol. The molecule has 2 aliphatic rings. The van der Waals surface area contributed by atoms with Gasteiger partial charge in [0.2, 0.25) is 5.95 Å². The lowest BCUT2D eigenvalue weighted by atomic mass is 9.96. The molecule has 2 heterocycles. The van der Waals surface area contributed by atoms with E-state index in [-0.39, 0.29) is 5.56 Å². The molecule has 1 saturated heterocycles. The molecule has 1 aromatic carbocycles. The van der Waals surface area contributed by atoms with E-state index in [0.717, 1.165) is 51.9 Å². The SMILES string of the molecule is CC1=C(CCNCC2CCN(c3ncc(C(=O)NO)cn3)CC2)c2ccccc2C1. The van der Waals surface area contributed by atoms with Crippen LogP contribution in [-0.2, 0) is 6.42 Å². The maximum atomic E-state index is 11.4. The Bertz CT molecular complexity index is 917. The predicted octanol–water partition coefficient (Wildman–Crippen LogP) is 2.82. The maximum Gasteiger partial charge on any atom is 0.277 e. The van der Waals surface area contributed by atoms with E-state index in [2.05, 4.69) is 51.4 Å². The van der Waals surface area contributed by atoms with Crippen molar-refractivity contribution in [2.24, 2.45) is 5.92 Å². The number of amides is 1. The Kier molecular flexibility index (Phi) is 6.40. The van der Waals surface area contributed by atoms with Crippen LogP contribution >= 0.6 is 0 Å². The molecule has 1 amide bonds. The number of fused-ring (bicyclic) bond motifs is 1. The summed E-state index contributed by atoms with van der Waals surface area (Å²) in [6, 6.07) is 8.76. The molecule has 158 valence electrons. The van der Waals surface area contributed by atoms with Crippen molar-refractivity contribution in [3.05, 3.63) is 58.9 Å². The van der Waals surface area contributed by atoms with Crippen LogP contribution in [-0.4, -0.2) is 47.3 Å². The zero-order valence-corrected chi connectivity index (χ0v) is 17.4. The second kappa shape index (κ2) is 9.36. The first-order valence-electron chi connectivity index (χ1n) is 10.6. The van der Waals surface area contributed by atoms with E-state index in [1.54, 1.807) is 5.48 Å². The lowest BCUT2D eigenvalue weighted by Crippen LogP contribution is -2.38. The van der Waals surface area contributed by atoms with Gasteiger partial charge in [-0.15, -0.1) is 0 Å². The summed E-state index contributed by atoms with van der Waals surface area (Å²) in [6.07, 6.45) is 7.26. The third-order valence-electron chi connectivity index (χ3n) is 6.20. The molecular weight excluding hydrogens is 378 g/mol. The van der Waals surface area contributed by atoms with E-state index in [1.165, 1.54) is 34.7 Å². The van der Waals surface area contributed by atoms with Crippen molar-refractivity contribution in [1.82, 2.24) is 20.8 Å². The Morgan fingerprint density at radius 2 is 1.93 bits per heavy atom. The van der Waals surface area contributed by atoms with Crippen LogP contribution in [0.1, 0.15) is 47.7 Å². The summed E-state index contributed by atoms with van der Waals surface area (Å²) in [5, 5.41) is 12.3. The quantitative estimate of drug-likeness (QED) is 0.371. The molecule has 1 fully saturated rings. The molecule has 0 radical (unpaired) electrons. The number of carbonyl (C=O) groups excluding carboxylic acids is 1. The highest BCUT2D eigenvalue weighted by atomic mass is 16.5. The van der Waals surface area contributed by atoms with E-state index in [1.807, 2.05) is 0 Å². The Labute approximate surface area is 177 Å². The molecule has 3 N–H and O–H groups in total. The zero-order valence-electron chi connectivity index (χ0n) is 17.4. The molecule has 2 aromatic rings. The minimum absolute atomic E-state index is 0.246. The number of carbonyl (C=O) groups is 1. The Morgan fingerprint density at radius 1 is 1.20 bits per heavy atom. The number of benzene rings is 1. The molecule has 30 heavy (non-hydrogen) atoms. The predicted molar refractivity (Wildman–Crippen MR) is 116 cm³/mol. The molecule has 0 saturated carbocycles. The summed E-state index contributed by atoms with van der Waals surface area (Å²) >= 11 is 0. The first-order valence-corrected chi connectivity index (χ1v) is 10.6. The van der Waals surface area contributed by atoms with Crippen LogP contribution in [0.2, 0.25) is 0 Å². The molecular formula is C23H29N5O2. The summed E-state index contributed by atoms with van der Waals surface area (Å²) < 4.78 is 0. The van der Waals surface area contributed by atoms with Gasteiger partial charge in [0.1, 0.15) is 0 Å². The summed E-state index contributed by atoms with van der Waals surface area (Å²) in [5.41, 5.74) is 7.76. The Hall–Kier alpha value is -2.77. The smallest absolute Gasteiger partial charge is 0.277 e. The summed E-state index contributed by atoms with van der Waals surface area (Å²) in [7, 11) is 0. The number of hydrogen-bond donors (Lipinski definition) is 3. The number of aromatic nitrogens is 2. The molecule has 0 atom stereocenters. The van der Waals surface area contributed by atoms with Crippen LogP contribution in [0.5, 0.6) is 0 Å². The first kappa shape index (κ1) is 20.5. The van der Waals surface area contributed by atoms with Crippen molar-refractivity contribution in [2.75, 3.05) is 31.1 Å². The first-order chi connectivity index (χ1) is 14.7. The zero-order chi connectivity index (χ0) is 20.9. The van der Waals surface area contributed by atoms with Crippen molar-refractivity contribution in [2.45, 2.75) is 32.6 Å². The van der Waals surface area contributed by atoms with Crippen molar-refractivity contribution >= 4 is 17.4 Å². The fourth-order valence-electron chi connectivity index (χ4n) is 4.46. The van der Waals surface area contributed by atoms with Crippen molar-refractivity contribution < 1.29 is 10.0 Å². The highest BCUT2D eigenvalue weighted by Gasteiger charge is 2.22. The van der Waals surface area contributed by atoms with Crippen molar-refractivity contribution in [1.29, 1.82) is 0 Å². The van der Waals surface area contributed by atoms with Crippen molar-refractivity contribution in [3.8, 4) is 0 Å². The number of anilines is 1. The molecule has 4 rings (SSSR count). The lowest BCUT2D eigenvalue weighted by Gasteiger charge is -2.32. The average Bonchev–Trinajstić information content (AvgIpc) is 3.11. The van der Waals surface area contributed by atoms with Gasteiger partial charge in [-0.05, 0) is 68.3 Å². The summed E-state index contributed by atoms with van der Waals surface area (Å²) in [6.45, 7) is 6.14. The van der Waals surface area contributed by atoms with Gasteiger partial charge in [-0.2, -0.15) is 0 Å². The molecule has 7 heteroatoms. The van der Waals surface area contributed by atoms with Crippen molar-refractivity contribution in [3.63, 3.8) is 0 Å². The summed E-state index contributed by atoms with van der Waals surface area (Å²) in [5.74, 6) is 0.697. The van der Waals surface area contributed by atoms with Crippen LogP contribution in [0.25, 0.3) is 5.57 Å². The van der Waals surface area contributed by atoms with Gasteiger partial charge in [-0.25, -0.2) is 15.4 Å². The number of piperidine rings is 1. The van der Waals surface area contributed by atoms with E-state index in [9.17, 15) is 4.79 Å². The molecule has 1 aliphatic carbocycles. The third-order valence-corrected chi connectivity index (χ3v) is 6.20. The lowest BCUT2D eigenvalue weighted by molar-refractivity contribution is 0.0705. The molecule has 7 nitrogen and oxygen atoms in total. The molecule has 1 aliphatic heterocycles. The molecule has 0 bridgehead atoms. The van der Waals surface area contributed by atoms with Gasteiger partial charge in [0.15, 0.2) is 0 Å². The highest BCUT2D eigenvalue weighted by molar-refractivity contribution is 5.92. The topological polar surface area (TPSA) is 90.4 Å².